The van der Waals surface area contributed by atoms with Gasteiger partial charge in [0.25, 0.3) is 5.56 Å². The molecule has 0 aliphatic heterocycles. The topological polar surface area (TPSA) is 113 Å². The SMILES string of the molecule is CCOC(=O)Nc1nc2ccc(-c3cc(Cc4n[nH]c(=O)c5ccccc45)cc(F)c3F)cc2[nH]1. The number of benzene rings is 3. The molecule has 0 saturated heterocycles. The molecule has 0 unspecified atom stereocenters. The van der Waals surface area contributed by atoms with Crippen LogP contribution >= 0.6 is 0 Å². The van der Waals surface area contributed by atoms with Gasteiger partial charge in [-0.3, -0.25) is 10.1 Å². The molecule has 0 radical (unpaired) electrons. The van der Waals surface area contributed by atoms with Crippen molar-refractivity contribution >= 4 is 33.8 Å². The van der Waals surface area contributed by atoms with Crippen molar-refractivity contribution in [3.63, 3.8) is 0 Å². The van der Waals surface area contributed by atoms with Crippen molar-refractivity contribution in [2.45, 2.75) is 13.3 Å². The molecule has 1 amide bonds. The van der Waals surface area contributed by atoms with Gasteiger partial charge in [0.1, 0.15) is 0 Å². The Morgan fingerprint density at radius 1 is 1.09 bits per heavy atom. The van der Waals surface area contributed by atoms with Crippen LogP contribution in [-0.2, 0) is 11.2 Å². The van der Waals surface area contributed by atoms with Crippen LogP contribution in [0.5, 0.6) is 0 Å². The highest BCUT2D eigenvalue weighted by atomic mass is 19.2. The van der Waals surface area contributed by atoms with Gasteiger partial charge in [-0.15, -0.1) is 0 Å². The molecule has 10 heteroatoms. The van der Waals surface area contributed by atoms with Gasteiger partial charge in [0.05, 0.1) is 28.7 Å². The van der Waals surface area contributed by atoms with E-state index in [-0.39, 0.29) is 30.1 Å². The van der Waals surface area contributed by atoms with Crippen molar-refractivity contribution in [2.24, 2.45) is 0 Å². The highest BCUT2D eigenvalue weighted by Gasteiger charge is 2.16. The number of H-pyrrole nitrogens is 2. The molecule has 176 valence electrons. The lowest BCUT2D eigenvalue weighted by molar-refractivity contribution is 0.167. The summed E-state index contributed by atoms with van der Waals surface area (Å²) >= 11 is 0. The number of ether oxygens (including phenoxy) is 1. The van der Waals surface area contributed by atoms with Crippen LogP contribution in [0.2, 0.25) is 0 Å². The Hall–Kier alpha value is -4.60. The number of anilines is 1. The third kappa shape index (κ3) is 4.33. The van der Waals surface area contributed by atoms with Gasteiger partial charge < -0.3 is 9.72 Å². The van der Waals surface area contributed by atoms with E-state index >= 15 is 0 Å². The third-order valence-corrected chi connectivity index (χ3v) is 5.52. The number of hydrogen-bond donors (Lipinski definition) is 3. The molecule has 0 aliphatic carbocycles. The van der Waals surface area contributed by atoms with Crippen LogP contribution in [0.3, 0.4) is 0 Å². The second-order valence-electron chi connectivity index (χ2n) is 7.82. The summed E-state index contributed by atoms with van der Waals surface area (Å²) in [6.07, 6.45) is -0.475. The Kier molecular flexibility index (Phi) is 5.69. The average Bonchev–Trinajstić information content (AvgIpc) is 3.24. The summed E-state index contributed by atoms with van der Waals surface area (Å²) in [4.78, 5) is 30.9. The number of carbonyl (C=O) groups excluding carboxylic acids is 1. The number of imidazole rings is 1. The lowest BCUT2D eigenvalue weighted by Gasteiger charge is -2.10. The highest BCUT2D eigenvalue weighted by Crippen LogP contribution is 2.30. The van der Waals surface area contributed by atoms with E-state index in [0.717, 1.165) is 6.07 Å². The lowest BCUT2D eigenvalue weighted by Crippen LogP contribution is -2.14. The maximum absolute atomic E-state index is 14.8. The molecule has 5 rings (SSSR count). The first-order chi connectivity index (χ1) is 16.9. The quantitative estimate of drug-likeness (QED) is 0.335. The van der Waals surface area contributed by atoms with Gasteiger partial charge in [-0.25, -0.2) is 23.7 Å². The summed E-state index contributed by atoms with van der Waals surface area (Å²) in [5.74, 6) is -1.82. The zero-order chi connectivity index (χ0) is 24.5. The minimum absolute atomic E-state index is 0.0603. The molecule has 2 aromatic heterocycles. The fourth-order valence-corrected chi connectivity index (χ4v) is 3.96. The first-order valence-electron chi connectivity index (χ1n) is 10.8. The van der Waals surface area contributed by atoms with Crippen LogP contribution in [-0.4, -0.2) is 32.9 Å². The standard InChI is InChI=1S/C25H19F2N5O3/c1-2-35-25(34)30-24-28-19-8-7-14(12-21(19)29-24)17-9-13(10-18(26)22(17)27)11-20-15-5-3-4-6-16(15)23(33)32-31-20/h3-10,12H,2,11H2,1H3,(H,32,33)(H2,28,29,30,34). The van der Waals surface area contributed by atoms with Gasteiger partial charge in [0.15, 0.2) is 11.6 Å². The smallest absolute Gasteiger partial charge is 0.413 e. The van der Waals surface area contributed by atoms with Gasteiger partial charge in [-0.05, 0) is 48.4 Å². The van der Waals surface area contributed by atoms with Crippen LogP contribution in [0.4, 0.5) is 19.5 Å². The van der Waals surface area contributed by atoms with Crippen molar-refractivity contribution in [2.75, 3.05) is 11.9 Å². The predicted molar refractivity (Wildman–Crippen MR) is 127 cm³/mol. The fraction of sp³-hybridized carbons (Fsp3) is 0.120. The van der Waals surface area contributed by atoms with Crippen LogP contribution in [0.1, 0.15) is 18.2 Å². The fourth-order valence-electron chi connectivity index (χ4n) is 3.96. The van der Waals surface area contributed by atoms with E-state index in [4.69, 9.17) is 4.74 Å². The molecular formula is C25H19F2N5O3. The number of nitrogens with one attached hydrogen (secondary N) is 3. The van der Waals surface area contributed by atoms with Gasteiger partial charge in [0.2, 0.25) is 5.95 Å². The zero-order valence-corrected chi connectivity index (χ0v) is 18.5. The number of hydrogen-bond acceptors (Lipinski definition) is 5. The molecule has 35 heavy (non-hydrogen) atoms. The van der Waals surface area contributed by atoms with E-state index < -0.39 is 17.7 Å². The molecule has 0 aliphatic rings. The Balaban J connectivity index is 1.51. The molecule has 0 saturated carbocycles. The number of carbonyl (C=O) groups is 1. The first kappa shape index (κ1) is 22.2. The minimum Gasteiger partial charge on any atom is -0.450 e. The van der Waals surface area contributed by atoms with E-state index in [1.165, 1.54) is 0 Å². The number of amides is 1. The molecule has 0 atom stereocenters. The van der Waals surface area contributed by atoms with E-state index in [1.807, 2.05) is 0 Å². The molecule has 3 N–H and O–H groups in total. The maximum Gasteiger partial charge on any atom is 0.413 e. The van der Waals surface area contributed by atoms with Gasteiger partial charge >= 0.3 is 6.09 Å². The second-order valence-corrected chi connectivity index (χ2v) is 7.82. The summed E-state index contributed by atoms with van der Waals surface area (Å²) in [6.45, 7) is 1.89. The normalized spacial score (nSPS) is 11.2. The highest BCUT2D eigenvalue weighted by molar-refractivity contribution is 5.88. The van der Waals surface area contributed by atoms with Crippen molar-refractivity contribution in [3.05, 3.63) is 87.8 Å². The molecule has 8 nitrogen and oxygen atoms in total. The second kappa shape index (κ2) is 8.98. The van der Waals surface area contributed by atoms with Crippen molar-refractivity contribution < 1.29 is 18.3 Å². The molecular weight excluding hydrogens is 456 g/mol. The summed E-state index contributed by atoms with van der Waals surface area (Å²) in [6, 6.07) is 14.5. The Morgan fingerprint density at radius 2 is 1.89 bits per heavy atom. The molecule has 5 aromatic rings. The van der Waals surface area contributed by atoms with E-state index in [1.54, 1.807) is 55.5 Å². The van der Waals surface area contributed by atoms with Crippen LogP contribution in [0.25, 0.3) is 32.9 Å². The lowest BCUT2D eigenvalue weighted by atomic mass is 9.98. The van der Waals surface area contributed by atoms with E-state index in [0.29, 0.717) is 38.6 Å². The largest absolute Gasteiger partial charge is 0.450 e. The number of fused-ring (bicyclic) bond motifs is 2. The Bertz CT molecular complexity index is 1640. The third-order valence-electron chi connectivity index (χ3n) is 5.52. The first-order valence-corrected chi connectivity index (χ1v) is 10.8. The molecule has 0 fully saturated rings. The van der Waals surface area contributed by atoms with Gasteiger partial charge in [-0.2, -0.15) is 5.10 Å². The summed E-state index contributed by atoms with van der Waals surface area (Å²) < 4.78 is 34.3. The van der Waals surface area contributed by atoms with Crippen molar-refractivity contribution in [3.8, 4) is 11.1 Å². The Labute approximate surface area is 197 Å². The monoisotopic (exact) mass is 475 g/mol. The minimum atomic E-state index is -0.999. The van der Waals surface area contributed by atoms with Crippen molar-refractivity contribution in [1.29, 1.82) is 0 Å². The number of rotatable bonds is 5. The van der Waals surface area contributed by atoms with Crippen LogP contribution in [0.15, 0.2) is 59.4 Å². The Morgan fingerprint density at radius 3 is 2.69 bits per heavy atom. The van der Waals surface area contributed by atoms with Crippen LogP contribution in [0, 0.1) is 11.6 Å². The molecule has 0 bridgehead atoms. The van der Waals surface area contributed by atoms with Gasteiger partial charge in [0, 0.05) is 17.4 Å². The molecule has 2 heterocycles. The van der Waals surface area contributed by atoms with Gasteiger partial charge in [-0.1, -0.05) is 24.3 Å². The number of aromatic nitrogens is 4. The maximum atomic E-state index is 14.8. The number of aromatic amines is 2. The molecule has 3 aromatic carbocycles. The summed E-state index contributed by atoms with van der Waals surface area (Å²) in [7, 11) is 0. The number of nitrogens with zero attached hydrogens (tertiary/aromatic N) is 2. The van der Waals surface area contributed by atoms with Crippen molar-refractivity contribution in [1.82, 2.24) is 20.2 Å². The van der Waals surface area contributed by atoms with E-state index in [2.05, 4.69) is 25.5 Å². The summed E-state index contributed by atoms with van der Waals surface area (Å²) in [5, 5.41) is 10.2. The van der Waals surface area contributed by atoms with E-state index in [9.17, 15) is 18.4 Å². The predicted octanol–water partition coefficient (Wildman–Crippen LogP) is 4.90. The average molecular weight is 475 g/mol. The zero-order valence-electron chi connectivity index (χ0n) is 18.5. The summed E-state index contributed by atoms with van der Waals surface area (Å²) in [5.41, 5.74) is 2.23. The molecule has 0 spiro atoms. The number of halogens is 2. The van der Waals surface area contributed by atoms with Crippen LogP contribution < -0.4 is 10.9 Å².